The molecular formula is C51H36N4S2. The first-order chi connectivity index (χ1) is 28.2. The van der Waals surface area contributed by atoms with Crippen LogP contribution in [0.15, 0.2) is 182 Å². The van der Waals surface area contributed by atoms with Gasteiger partial charge in [-0.15, -0.1) is 22.7 Å². The summed E-state index contributed by atoms with van der Waals surface area (Å²) in [7, 11) is 0. The number of rotatable bonds is 5. The molecule has 3 N–H and O–H groups in total. The Morgan fingerprint density at radius 1 is 0.333 bits per heavy atom. The number of thiophene rings is 2. The molecule has 0 spiro atoms. The summed E-state index contributed by atoms with van der Waals surface area (Å²) in [5, 5.41) is 19.3. The van der Waals surface area contributed by atoms with Crippen molar-refractivity contribution in [3.8, 4) is 16.8 Å². The minimum Gasteiger partial charge on any atom is -0.309 e. The zero-order chi connectivity index (χ0) is 37.5. The fourth-order valence-corrected chi connectivity index (χ4v) is 11.3. The third kappa shape index (κ3) is 5.52. The first-order valence-electron chi connectivity index (χ1n) is 19.5. The van der Waals surface area contributed by atoms with Gasteiger partial charge < -0.3 is 4.57 Å². The predicted octanol–water partition coefficient (Wildman–Crippen LogP) is 13.4. The molecule has 11 aromatic rings. The molecule has 57 heavy (non-hydrogen) atoms. The van der Waals surface area contributed by atoms with Crippen LogP contribution in [-0.2, 0) is 0 Å². The first kappa shape index (κ1) is 33.1. The molecule has 4 nitrogen and oxygen atoms in total. The first-order valence-corrected chi connectivity index (χ1v) is 21.1. The van der Waals surface area contributed by atoms with Gasteiger partial charge in [-0.25, -0.2) is 0 Å². The number of aromatic nitrogens is 1. The maximum atomic E-state index is 3.85. The monoisotopic (exact) mass is 768 g/mol. The number of benzene rings is 8. The number of nitrogens with one attached hydrogen (secondary N) is 3. The molecule has 6 heteroatoms. The molecule has 12 rings (SSSR count). The van der Waals surface area contributed by atoms with E-state index in [1.165, 1.54) is 95.7 Å². The van der Waals surface area contributed by atoms with Crippen LogP contribution in [0.5, 0.6) is 0 Å². The van der Waals surface area contributed by atoms with Gasteiger partial charge in [-0.1, -0.05) is 133 Å². The molecule has 1 aliphatic rings. The standard InChI is InChI=1S/C51H36N4S2/c1-3-11-31(12-4-1)49-52-50(32-13-5-2-6-14-32)54-51(53-49)35-20-24-41-42-27-33(21-26-45(42)56-47(41)29-35)34-19-23-39-40-25-22-36(30-48(40)57-46(39)28-34)55-43-17-9-7-15-37(43)38-16-8-10-18-44(38)55/h1-30,49-54H. The highest BCUT2D eigenvalue weighted by molar-refractivity contribution is 7.26. The normalized spacial score (nSPS) is 17.4. The Kier molecular flexibility index (Phi) is 7.68. The number of nitrogens with zero attached hydrogens (tertiary/aromatic N) is 1. The molecule has 4 heterocycles. The van der Waals surface area contributed by atoms with Crippen molar-refractivity contribution in [2.45, 2.75) is 18.5 Å². The SMILES string of the molecule is c1ccc(C2NC(c3ccccc3)NC(c3ccc4c(c3)sc3ccc(-c5ccc6c(c5)sc5cc(-n7c8ccccc8c8ccccc87)ccc56)cc34)N2)cc1. The molecule has 0 radical (unpaired) electrons. The quantitative estimate of drug-likeness (QED) is 0.163. The third-order valence-corrected chi connectivity index (χ3v) is 14.0. The van der Waals surface area contributed by atoms with Crippen molar-refractivity contribution in [3.05, 3.63) is 199 Å². The molecule has 3 aromatic heterocycles. The van der Waals surface area contributed by atoms with Crippen LogP contribution in [0.25, 0.3) is 79.0 Å². The summed E-state index contributed by atoms with van der Waals surface area (Å²) < 4.78 is 7.63. The van der Waals surface area contributed by atoms with Gasteiger partial charge in [-0.05, 0) is 76.3 Å². The molecule has 0 bridgehead atoms. The lowest BCUT2D eigenvalue weighted by Gasteiger charge is -2.39. The van der Waals surface area contributed by atoms with Crippen LogP contribution < -0.4 is 16.0 Å². The van der Waals surface area contributed by atoms with Crippen LogP contribution in [0.1, 0.15) is 35.2 Å². The molecule has 2 atom stereocenters. The van der Waals surface area contributed by atoms with E-state index in [2.05, 4.69) is 203 Å². The molecule has 1 fully saturated rings. The summed E-state index contributed by atoms with van der Waals surface area (Å²) in [6.45, 7) is 0. The summed E-state index contributed by atoms with van der Waals surface area (Å²) >= 11 is 3.76. The summed E-state index contributed by atoms with van der Waals surface area (Å²) in [5.41, 5.74) is 9.84. The number of hydrogen-bond donors (Lipinski definition) is 3. The number of hydrogen-bond acceptors (Lipinski definition) is 5. The average Bonchev–Trinajstić information content (AvgIpc) is 3.95. The Labute approximate surface area is 337 Å². The average molecular weight is 769 g/mol. The van der Waals surface area contributed by atoms with E-state index >= 15 is 0 Å². The van der Waals surface area contributed by atoms with Gasteiger partial charge in [0.15, 0.2) is 0 Å². The van der Waals surface area contributed by atoms with Crippen molar-refractivity contribution in [1.82, 2.24) is 20.5 Å². The summed E-state index contributed by atoms with van der Waals surface area (Å²) in [4.78, 5) is 0. The van der Waals surface area contributed by atoms with Gasteiger partial charge >= 0.3 is 0 Å². The van der Waals surface area contributed by atoms with Crippen molar-refractivity contribution in [2.75, 3.05) is 0 Å². The summed E-state index contributed by atoms with van der Waals surface area (Å²) in [6.07, 6.45) is -0.0228. The van der Waals surface area contributed by atoms with E-state index in [1.54, 1.807) is 0 Å². The van der Waals surface area contributed by atoms with Gasteiger partial charge in [0.05, 0.1) is 29.5 Å². The fraction of sp³-hybridized carbons (Fsp3) is 0.0588. The van der Waals surface area contributed by atoms with E-state index < -0.39 is 0 Å². The van der Waals surface area contributed by atoms with E-state index in [1.807, 2.05) is 22.7 Å². The molecule has 0 aliphatic carbocycles. The zero-order valence-electron chi connectivity index (χ0n) is 30.8. The topological polar surface area (TPSA) is 41.0 Å². The molecule has 8 aromatic carbocycles. The Bertz CT molecular complexity index is 3210. The van der Waals surface area contributed by atoms with Crippen LogP contribution in [0, 0.1) is 0 Å². The Morgan fingerprint density at radius 2 is 0.825 bits per heavy atom. The Morgan fingerprint density at radius 3 is 1.51 bits per heavy atom. The van der Waals surface area contributed by atoms with Crippen LogP contribution in [-0.4, -0.2) is 4.57 Å². The maximum absolute atomic E-state index is 3.85. The second-order valence-electron chi connectivity index (χ2n) is 15.1. The zero-order valence-corrected chi connectivity index (χ0v) is 32.4. The van der Waals surface area contributed by atoms with E-state index in [0.29, 0.717) is 0 Å². The summed E-state index contributed by atoms with van der Waals surface area (Å²) in [5.74, 6) is 0. The van der Waals surface area contributed by atoms with Gasteiger partial charge in [-0.2, -0.15) is 0 Å². The lowest BCUT2D eigenvalue weighted by molar-refractivity contribution is 0.203. The van der Waals surface area contributed by atoms with Gasteiger partial charge in [0.25, 0.3) is 0 Å². The highest BCUT2D eigenvalue weighted by Gasteiger charge is 2.30. The second-order valence-corrected chi connectivity index (χ2v) is 17.2. The predicted molar refractivity (Wildman–Crippen MR) is 243 cm³/mol. The third-order valence-electron chi connectivity index (χ3n) is 11.7. The van der Waals surface area contributed by atoms with Crippen LogP contribution in [0.3, 0.4) is 0 Å². The van der Waals surface area contributed by atoms with Crippen molar-refractivity contribution in [3.63, 3.8) is 0 Å². The van der Waals surface area contributed by atoms with Crippen molar-refractivity contribution in [1.29, 1.82) is 0 Å². The lowest BCUT2D eigenvalue weighted by atomic mass is 10.0. The lowest BCUT2D eigenvalue weighted by Crippen LogP contribution is -2.54. The minimum atomic E-state index is -0.0297. The highest BCUT2D eigenvalue weighted by atomic mass is 32.1. The van der Waals surface area contributed by atoms with Crippen molar-refractivity contribution in [2.24, 2.45) is 0 Å². The van der Waals surface area contributed by atoms with E-state index in [0.717, 1.165) is 0 Å². The van der Waals surface area contributed by atoms with Gasteiger partial charge in [0.1, 0.15) is 0 Å². The van der Waals surface area contributed by atoms with Crippen LogP contribution in [0.4, 0.5) is 0 Å². The van der Waals surface area contributed by atoms with E-state index in [4.69, 9.17) is 0 Å². The molecule has 1 saturated heterocycles. The molecule has 1 aliphatic heterocycles. The smallest absolute Gasteiger partial charge is 0.0865 e. The molecule has 0 saturated carbocycles. The van der Waals surface area contributed by atoms with Crippen LogP contribution >= 0.6 is 22.7 Å². The van der Waals surface area contributed by atoms with Crippen molar-refractivity contribution < 1.29 is 0 Å². The minimum absolute atomic E-state index is 0.00344. The van der Waals surface area contributed by atoms with E-state index in [9.17, 15) is 0 Å². The summed E-state index contributed by atoms with van der Waals surface area (Å²) in [6, 6.07) is 66.7. The molecular weight excluding hydrogens is 733 g/mol. The van der Waals surface area contributed by atoms with Gasteiger partial charge in [0.2, 0.25) is 0 Å². The van der Waals surface area contributed by atoms with E-state index in [-0.39, 0.29) is 18.5 Å². The molecule has 2 unspecified atom stereocenters. The maximum Gasteiger partial charge on any atom is 0.0865 e. The largest absolute Gasteiger partial charge is 0.309 e. The molecule has 272 valence electrons. The molecule has 0 amide bonds. The number of para-hydroxylation sites is 2. The van der Waals surface area contributed by atoms with Gasteiger partial charge in [0, 0.05) is 56.8 Å². The Hall–Kier alpha value is -6.12. The van der Waals surface area contributed by atoms with Crippen LogP contribution in [0.2, 0.25) is 0 Å². The highest BCUT2D eigenvalue weighted by Crippen LogP contribution is 2.42. The second kappa shape index (κ2) is 13.2. The number of fused-ring (bicyclic) bond motifs is 9. The fourth-order valence-electron chi connectivity index (χ4n) is 8.95. The van der Waals surface area contributed by atoms with Gasteiger partial charge in [-0.3, -0.25) is 16.0 Å². The Balaban J connectivity index is 0.885. The van der Waals surface area contributed by atoms with Crippen molar-refractivity contribution >= 4 is 84.8 Å².